The molecule has 2 amide bonds. The van der Waals surface area contributed by atoms with E-state index in [-0.39, 0.29) is 23.9 Å². The van der Waals surface area contributed by atoms with Crippen LogP contribution in [0.2, 0.25) is 0 Å². The zero-order valence-corrected chi connectivity index (χ0v) is 14.4. The Morgan fingerprint density at radius 3 is 1.69 bits per heavy atom. The van der Waals surface area contributed by atoms with Crippen molar-refractivity contribution in [3.8, 4) is 0 Å². The Balaban J connectivity index is 1.53. The molecular weight excluding hydrogens is 332 g/mol. The van der Waals surface area contributed by atoms with Crippen molar-refractivity contribution >= 4 is 24.0 Å². The molecule has 2 aromatic heterocycles. The SMILES string of the molecule is O=C(/C=C/c1ccco1)NC1CCCCC1NC(=O)/C=C/c1ccco1. The highest BCUT2D eigenvalue weighted by atomic mass is 16.3. The number of hydrogen-bond acceptors (Lipinski definition) is 4. The number of carbonyl (C=O) groups is 2. The molecule has 1 fully saturated rings. The Morgan fingerprint density at radius 2 is 1.31 bits per heavy atom. The minimum Gasteiger partial charge on any atom is -0.465 e. The summed E-state index contributed by atoms with van der Waals surface area (Å²) in [5.74, 6) is 0.853. The second-order valence-corrected chi connectivity index (χ2v) is 6.21. The number of nitrogens with one attached hydrogen (secondary N) is 2. The van der Waals surface area contributed by atoms with Gasteiger partial charge in [-0.2, -0.15) is 0 Å². The van der Waals surface area contributed by atoms with E-state index in [2.05, 4.69) is 10.6 Å². The fourth-order valence-corrected chi connectivity index (χ4v) is 3.03. The highest BCUT2D eigenvalue weighted by Crippen LogP contribution is 2.19. The molecule has 26 heavy (non-hydrogen) atoms. The molecule has 1 aliphatic rings. The van der Waals surface area contributed by atoms with E-state index >= 15 is 0 Å². The maximum Gasteiger partial charge on any atom is 0.244 e. The highest BCUT2D eigenvalue weighted by Gasteiger charge is 2.26. The minimum absolute atomic E-state index is 0.0848. The van der Waals surface area contributed by atoms with Crippen molar-refractivity contribution in [3.05, 3.63) is 60.5 Å². The molecule has 2 aromatic rings. The van der Waals surface area contributed by atoms with Crippen molar-refractivity contribution in [1.82, 2.24) is 10.6 Å². The van der Waals surface area contributed by atoms with Gasteiger partial charge < -0.3 is 19.5 Å². The largest absolute Gasteiger partial charge is 0.465 e. The molecule has 0 aliphatic heterocycles. The number of carbonyl (C=O) groups excluding carboxylic acids is 2. The van der Waals surface area contributed by atoms with E-state index in [0.29, 0.717) is 11.5 Å². The lowest BCUT2D eigenvalue weighted by molar-refractivity contribution is -0.120. The molecule has 0 spiro atoms. The van der Waals surface area contributed by atoms with E-state index in [1.807, 2.05) is 0 Å². The third kappa shape index (κ3) is 5.24. The second kappa shape index (κ2) is 8.89. The predicted octanol–water partition coefficient (Wildman–Crippen LogP) is 3.14. The van der Waals surface area contributed by atoms with Crippen LogP contribution in [0, 0.1) is 0 Å². The monoisotopic (exact) mass is 354 g/mol. The van der Waals surface area contributed by atoms with Gasteiger partial charge in [0.05, 0.1) is 12.5 Å². The molecule has 0 aromatic carbocycles. The van der Waals surface area contributed by atoms with E-state index in [9.17, 15) is 9.59 Å². The maximum absolute atomic E-state index is 12.1. The summed E-state index contributed by atoms with van der Waals surface area (Å²) in [6.07, 6.45) is 13.0. The molecule has 3 rings (SSSR count). The summed E-state index contributed by atoms with van der Waals surface area (Å²) in [4.78, 5) is 24.3. The van der Waals surface area contributed by atoms with Crippen molar-refractivity contribution in [3.63, 3.8) is 0 Å². The number of hydrogen-bond donors (Lipinski definition) is 2. The lowest BCUT2D eigenvalue weighted by Gasteiger charge is -2.32. The Bertz CT molecular complexity index is 694. The van der Waals surface area contributed by atoms with Crippen LogP contribution >= 0.6 is 0 Å². The molecule has 2 N–H and O–H groups in total. The molecule has 2 atom stereocenters. The Morgan fingerprint density at radius 1 is 0.846 bits per heavy atom. The fourth-order valence-electron chi connectivity index (χ4n) is 3.03. The number of amides is 2. The molecule has 2 heterocycles. The summed E-state index contributed by atoms with van der Waals surface area (Å²) < 4.78 is 10.3. The third-order valence-corrected chi connectivity index (χ3v) is 4.31. The molecule has 0 bridgehead atoms. The average molecular weight is 354 g/mol. The summed E-state index contributed by atoms with van der Waals surface area (Å²) in [7, 11) is 0. The van der Waals surface area contributed by atoms with Crippen LogP contribution in [0.1, 0.15) is 37.2 Å². The molecule has 1 saturated carbocycles. The van der Waals surface area contributed by atoms with Gasteiger partial charge in [-0.3, -0.25) is 9.59 Å². The van der Waals surface area contributed by atoms with Crippen molar-refractivity contribution in [1.29, 1.82) is 0 Å². The molecule has 0 radical (unpaired) electrons. The van der Waals surface area contributed by atoms with Gasteiger partial charge in [0.1, 0.15) is 11.5 Å². The lowest BCUT2D eigenvalue weighted by atomic mass is 9.90. The molecule has 2 unspecified atom stereocenters. The van der Waals surface area contributed by atoms with Crippen molar-refractivity contribution < 1.29 is 18.4 Å². The molecule has 6 heteroatoms. The molecular formula is C20H22N2O4. The van der Waals surface area contributed by atoms with Crippen LogP contribution in [0.25, 0.3) is 12.2 Å². The average Bonchev–Trinajstić information content (AvgIpc) is 3.34. The quantitative estimate of drug-likeness (QED) is 0.781. The first-order valence-corrected chi connectivity index (χ1v) is 8.75. The third-order valence-electron chi connectivity index (χ3n) is 4.31. The van der Waals surface area contributed by atoms with Crippen LogP contribution in [0.5, 0.6) is 0 Å². The Kier molecular flexibility index (Phi) is 6.09. The molecule has 1 aliphatic carbocycles. The zero-order chi connectivity index (χ0) is 18.2. The molecule has 136 valence electrons. The fraction of sp³-hybridized carbons (Fsp3) is 0.300. The standard InChI is InChI=1S/C20H22N2O4/c23-19(11-9-15-5-3-13-25-15)21-17-7-1-2-8-18(17)22-20(24)12-10-16-6-4-14-26-16/h3-6,9-14,17-18H,1-2,7-8H2,(H,21,23)(H,22,24)/b11-9+,12-10+. The smallest absolute Gasteiger partial charge is 0.244 e. The van der Waals surface area contributed by atoms with E-state index < -0.39 is 0 Å². The molecule has 6 nitrogen and oxygen atoms in total. The molecule has 0 saturated heterocycles. The Hall–Kier alpha value is -3.02. The van der Waals surface area contributed by atoms with E-state index in [1.54, 1.807) is 48.9 Å². The first-order chi connectivity index (χ1) is 12.7. The number of furan rings is 2. The summed E-state index contributed by atoms with van der Waals surface area (Å²) in [6.45, 7) is 0. The minimum atomic E-state index is -0.196. The van der Waals surface area contributed by atoms with Crippen molar-refractivity contribution in [2.45, 2.75) is 37.8 Å². The van der Waals surface area contributed by atoms with Crippen molar-refractivity contribution in [2.24, 2.45) is 0 Å². The van der Waals surface area contributed by atoms with Crippen LogP contribution in [-0.2, 0) is 9.59 Å². The Labute approximate surface area is 151 Å². The van der Waals surface area contributed by atoms with Gasteiger partial charge in [0.25, 0.3) is 0 Å². The van der Waals surface area contributed by atoms with Gasteiger partial charge in [0, 0.05) is 24.2 Å². The first kappa shape index (κ1) is 17.8. The normalized spacial score (nSPS) is 20.5. The first-order valence-electron chi connectivity index (χ1n) is 8.75. The van der Waals surface area contributed by atoms with Crippen LogP contribution in [0.4, 0.5) is 0 Å². The van der Waals surface area contributed by atoms with E-state index in [4.69, 9.17) is 8.83 Å². The lowest BCUT2D eigenvalue weighted by Crippen LogP contribution is -2.52. The van der Waals surface area contributed by atoms with Crippen LogP contribution < -0.4 is 10.6 Å². The van der Waals surface area contributed by atoms with E-state index in [1.165, 1.54) is 12.2 Å². The van der Waals surface area contributed by atoms with Crippen LogP contribution in [-0.4, -0.2) is 23.9 Å². The van der Waals surface area contributed by atoms with Crippen LogP contribution in [0.3, 0.4) is 0 Å². The van der Waals surface area contributed by atoms with Crippen LogP contribution in [0.15, 0.2) is 57.8 Å². The van der Waals surface area contributed by atoms with Gasteiger partial charge in [-0.05, 0) is 49.3 Å². The maximum atomic E-state index is 12.1. The van der Waals surface area contributed by atoms with Gasteiger partial charge in [-0.1, -0.05) is 12.8 Å². The van der Waals surface area contributed by atoms with Crippen molar-refractivity contribution in [2.75, 3.05) is 0 Å². The van der Waals surface area contributed by atoms with Gasteiger partial charge in [0.15, 0.2) is 0 Å². The zero-order valence-electron chi connectivity index (χ0n) is 14.4. The highest BCUT2D eigenvalue weighted by molar-refractivity contribution is 5.92. The van der Waals surface area contributed by atoms with Gasteiger partial charge in [-0.15, -0.1) is 0 Å². The summed E-state index contributed by atoms with van der Waals surface area (Å²) in [5, 5.41) is 5.96. The van der Waals surface area contributed by atoms with Gasteiger partial charge in [0.2, 0.25) is 11.8 Å². The van der Waals surface area contributed by atoms with Gasteiger partial charge >= 0.3 is 0 Å². The summed E-state index contributed by atoms with van der Waals surface area (Å²) in [6, 6.07) is 6.91. The van der Waals surface area contributed by atoms with E-state index in [0.717, 1.165) is 25.7 Å². The summed E-state index contributed by atoms with van der Waals surface area (Å²) in [5.41, 5.74) is 0. The number of rotatable bonds is 6. The van der Waals surface area contributed by atoms with Gasteiger partial charge in [-0.25, -0.2) is 0 Å². The predicted molar refractivity (Wildman–Crippen MR) is 97.8 cm³/mol. The second-order valence-electron chi connectivity index (χ2n) is 6.21. The summed E-state index contributed by atoms with van der Waals surface area (Å²) >= 11 is 0. The topological polar surface area (TPSA) is 84.5 Å².